The van der Waals surface area contributed by atoms with E-state index in [0.29, 0.717) is 44.7 Å². The van der Waals surface area contributed by atoms with Crippen molar-refractivity contribution < 1.29 is 40.4 Å². The van der Waals surface area contributed by atoms with Crippen molar-refractivity contribution in [3.8, 4) is 0 Å². The molecule has 0 spiro atoms. The van der Waals surface area contributed by atoms with Gasteiger partial charge in [0.05, 0.1) is 18.6 Å². The van der Waals surface area contributed by atoms with Crippen molar-refractivity contribution in [3.05, 3.63) is 70.5 Å². The number of carbonyl (C=O) groups excluding carboxylic acids is 1. The Morgan fingerprint density at radius 1 is 1.13 bits per heavy atom. The Bertz CT molecular complexity index is 1320. The second-order valence-corrected chi connectivity index (χ2v) is 12.9. The standard InChI is InChI=1S/C27H30F5N2O4P/c1-24(15-37-39(33,36)38-16-24)23(35)34-12-11-26(14-17-3-7-20(28)8-4-17)21-9-6-19(25(2,29)27(30,31)32)13-18(21)5-10-22(26)34/h3-4,6-9,13,22H,5,10-12,14-16H2,1-2H3,(H2,33,36)/t22-,24?,25?,26-,39?/m1/s1. The Hall–Kier alpha value is -2.33. The molecule has 39 heavy (non-hydrogen) atoms. The molecule has 2 aromatic carbocycles. The van der Waals surface area contributed by atoms with Crippen molar-refractivity contribution in [1.82, 2.24) is 4.90 Å². The van der Waals surface area contributed by atoms with E-state index < -0.39 is 41.8 Å². The van der Waals surface area contributed by atoms with Crippen LogP contribution in [0.5, 0.6) is 0 Å². The summed E-state index contributed by atoms with van der Waals surface area (Å²) in [5.41, 5.74) is 1.82. The topological polar surface area (TPSA) is 81.9 Å². The molecule has 2 aliphatic heterocycles. The lowest BCUT2D eigenvalue weighted by Gasteiger charge is -2.46. The number of alkyl halides is 4. The van der Waals surface area contributed by atoms with Crippen LogP contribution < -0.4 is 5.50 Å². The highest BCUT2D eigenvalue weighted by atomic mass is 31.2. The summed E-state index contributed by atoms with van der Waals surface area (Å²) in [6.45, 7) is 2.15. The maximum absolute atomic E-state index is 14.9. The van der Waals surface area contributed by atoms with Crippen LogP contribution in [0.1, 0.15) is 48.9 Å². The quantitative estimate of drug-likeness (QED) is 0.375. The van der Waals surface area contributed by atoms with Gasteiger partial charge in [0.2, 0.25) is 11.6 Å². The monoisotopic (exact) mass is 572 g/mol. The van der Waals surface area contributed by atoms with Gasteiger partial charge in [0.1, 0.15) is 5.82 Å². The van der Waals surface area contributed by atoms with Gasteiger partial charge >= 0.3 is 13.9 Å². The smallest absolute Gasteiger partial charge is 0.338 e. The number of carbonyl (C=O) groups is 1. The molecular formula is C27H30F5N2O4P. The van der Waals surface area contributed by atoms with E-state index in [0.717, 1.165) is 11.1 Å². The van der Waals surface area contributed by atoms with Crippen LogP contribution >= 0.6 is 7.75 Å². The van der Waals surface area contributed by atoms with Gasteiger partial charge < -0.3 is 4.90 Å². The fourth-order valence-corrected chi connectivity index (χ4v) is 7.25. The summed E-state index contributed by atoms with van der Waals surface area (Å²) < 4.78 is 91.2. The lowest BCUT2D eigenvalue weighted by molar-refractivity contribution is -0.228. The summed E-state index contributed by atoms with van der Waals surface area (Å²) in [7, 11) is -3.72. The highest BCUT2D eigenvalue weighted by molar-refractivity contribution is 7.51. The van der Waals surface area contributed by atoms with Gasteiger partial charge in [-0.1, -0.05) is 30.3 Å². The molecule has 2 N–H and O–H groups in total. The number of rotatable bonds is 4. The average molecular weight is 573 g/mol. The van der Waals surface area contributed by atoms with Crippen molar-refractivity contribution in [2.45, 2.75) is 62.8 Å². The summed E-state index contributed by atoms with van der Waals surface area (Å²) >= 11 is 0. The summed E-state index contributed by atoms with van der Waals surface area (Å²) in [5, 5.41) is 0. The van der Waals surface area contributed by atoms with Crippen LogP contribution in [0.2, 0.25) is 0 Å². The lowest BCUT2D eigenvalue weighted by Crippen LogP contribution is -2.55. The van der Waals surface area contributed by atoms with Gasteiger partial charge in [-0.05, 0) is 73.9 Å². The fourth-order valence-electron chi connectivity index (χ4n) is 6.25. The molecule has 0 radical (unpaired) electrons. The normalized spacial score (nSPS) is 32.3. The third-order valence-corrected chi connectivity index (χ3v) is 9.53. The van der Waals surface area contributed by atoms with Crippen LogP contribution in [0.25, 0.3) is 0 Å². The molecule has 1 unspecified atom stereocenters. The van der Waals surface area contributed by atoms with E-state index in [1.165, 1.54) is 24.3 Å². The van der Waals surface area contributed by atoms with E-state index in [1.54, 1.807) is 30.0 Å². The number of hydrogen-bond donors (Lipinski definition) is 1. The molecule has 2 saturated heterocycles. The van der Waals surface area contributed by atoms with Gasteiger partial charge in [0.15, 0.2) is 0 Å². The SMILES string of the molecule is CC1(C(=O)N2CC[C@@]3(Cc4ccc(F)cc4)c4ccc(C(C)(F)C(F)(F)F)cc4CC[C@@H]23)COP(N)(=O)OC1. The number of halogens is 5. The Morgan fingerprint density at radius 2 is 1.77 bits per heavy atom. The molecule has 5 rings (SSSR count). The summed E-state index contributed by atoms with van der Waals surface area (Å²) in [6, 6.07) is 9.67. The molecule has 3 aliphatic rings. The summed E-state index contributed by atoms with van der Waals surface area (Å²) in [4.78, 5) is 15.6. The predicted molar refractivity (Wildman–Crippen MR) is 133 cm³/mol. The van der Waals surface area contributed by atoms with Gasteiger partial charge in [-0.15, -0.1) is 0 Å². The van der Waals surface area contributed by atoms with Crippen molar-refractivity contribution in [1.29, 1.82) is 0 Å². The molecule has 0 saturated carbocycles. The lowest BCUT2D eigenvalue weighted by atomic mass is 9.63. The first-order valence-electron chi connectivity index (χ1n) is 12.7. The Kier molecular flexibility index (Phi) is 6.77. The van der Waals surface area contributed by atoms with Gasteiger partial charge in [0, 0.05) is 18.0 Å². The fraction of sp³-hybridized carbons (Fsp3) is 0.519. The first kappa shape index (κ1) is 28.2. The third-order valence-electron chi connectivity index (χ3n) is 8.55. The highest BCUT2D eigenvalue weighted by Crippen LogP contribution is 2.53. The van der Waals surface area contributed by atoms with Crippen LogP contribution in [0.15, 0.2) is 42.5 Å². The molecule has 1 amide bonds. The molecule has 6 nitrogen and oxygen atoms in total. The minimum absolute atomic E-state index is 0.180. The number of hydrogen-bond acceptors (Lipinski definition) is 4. The van der Waals surface area contributed by atoms with E-state index in [2.05, 4.69) is 0 Å². The highest BCUT2D eigenvalue weighted by Gasteiger charge is 2.57. The van der Waals surface area contributed by atoms with Crippen molar-refractivity contribution >= 4 is 13.7 Å². The van der Waals surface area contributed by atoms with Gasteiger partial charge in [-0.2, -0.15) is 13.2 Å². The van der Waals surface area contributed by atoms with Crippen LogP contribution in [0.3, 0.4) is 0 Å². The van der Waals surface area contributed by atoms with Crippen LogP contribution in [-0.2, 0) is 42.3 Å². The zero-order valence-corrected chi connectivity index (χ0v) is 22.5. The Balaban J connectivity index is 1.54. The van der Waals surface area contributed by atoms with E-state index in [9.17, 15) is 31.3 Å². The van der Waals surface area contributed by atoms with E-state index in [-0.39, 0.29) is 25.2 Å². The van der Waals surface area contributed by atoms with Crippen molar-refractivity contribution in [3.63, 3.8) is 0 Å². The largest absolute Gasteiger partial charge is 0.426 e. The maximum atomic E-state index is 14.9. The number of aryl methyl sites for hydroxylation is 1. The zero-order valence-electron chi connectivity index (χ0n) is 21.6. The number of nitrogens with zero attached hydrogens (tertiary/aromatic N) is 1. The Labute approximate surface area is 223 Å². The average Bonchev–Trinajstić information content (AvgIpc) is 3.25. The molecule has 12 heteroatoms. The maximum Gasteiger partial charge on any atom is 0.426 e. The molecule has 2 aromatic rings. The summed E-state index contributed by atoms with van der Waals surface area (Å²) in [5.74, 6) is -0.664. The van der Waals surface area contributed by atoms with E-state index in [1.807, 2.05) is 0 Å². The molecule has 0 aromatic heterocycles. The van der Waals surface area contributed by atoms with Gasteiger partial charge in [0.25, 0.3) is 0 Å². The van der Waals surface area contributed by atoms with Crippen LogP contribution in [0, 0.1) is 11.2 Å². The molecule has 2 heterocycles. The van der Waals surface area contributed by atoms with Gasteiger partial charge in [-0.3, -0.25) is 13.8 Å². The molecule has 2 fully saturated rings. The van der Waals surface area contributed by atoms with Crippen LogP contribution in [0.4, 0.5) is 22.0 Å². The number of nitrogens with two attached hydrogens (primary N) is 1. The molecule has 3 atom stereocenters. The minimum atomic E-state index is -5.08. The summed E-state index contributed by atoms with van der Waals surface area (Å²) in [6.07, 6.45) is -3.40. The Morgan fingerprint density at radius 3 is 2.38 bits per heavy atom. The minimum Gasteiger partial charge on any atom is -0.338 e. The zero-order chi connectivity index (χ0) is 28.4. The van der Waals surface area contributed by atoms with E-state index in [4.69, 9.17) is 14.6 Å². The van der Waals surface area contributed by atoms with Crippen molar-refractivity contribution in [2.75, 3.05) is 19.8 Å². The second kappa shape index (κ2) is 9.36. The molecular weight excluding hydrogens is 542 g/mol. The number of benzene rings is 2. The molecule has 0 bridgehead atoms. The van der Waals surface area contributed by atoms with E-state index >= 15 is 0 Å². The first-order chi connectivity index (χ1) is 18.1. The number of likely N-dealkylation sites (tertiary alicyclic amines) is 1. The second-order valence-electron chi connectivity index (χ2n) is 11.3. The predicted octanol–water partition coefficient (Wildman–Crippen LogP) is 5.72. The number of amides is 1. The van der Waals surface area contributed by atoms with Crippen LogP contribution in [-0.4, -0.2) is 42.8 Å². The third kappa shape index (κ3) is 4.81. The molecule has 1 aliphatic carbocycles. The molecule has 212 valence electrons. The number of fused-ring (bicyclic) bond motifs is 3. The van der Waals surface area contributed by atoms with Crippen molar-refractivity contribution in [2.24, 2.45) is 10.9 Å². The first-order valence-corrected chi connectivity index (χ1v) is 14.3. The van der Waals surface area contributed by atoms with Gasteiger partial charge in [-0.25, -0.2) is 18.9 Å².